The highest BCUT2D eigenvalue weighted by molar-refractivity contribution is 7.99. The second-order valence-corrected chi connectivity index (χ2v) is 6.30. The summed E-state index contributed by atoms with van der Waals surface area (Å²) >= 11 is 1.87. The van der Waals surface area contributed by atoms with Gasteiger partial charge in [0.2, 0.25) is 0 Å². The minimum absolute atomic E-state index is 0.728. The zero-order chi connectivity index (χ0) is 14.1. The first-order valence-corrected chi connectivity index (χ1v) is 7.88. The Bertz CT molecular complexity index is 637. The van der Waals surface area contributed by atoms with E-state index < -0.39 is 0 Å². The lowest BCUT2D eigenvalue weighted by Crippen LogP contribution is -2.24. The van der Waals surface area contributed by atoms with Gasteiger partial charge < -0.3 is 10.6 Å². The van der Waals surface area contributed by atoms with Crippen LogP contribution in [0.15, 0.2) is 46.2 Å². The molecule has 0 spiro atoms. The van der Waals surface area contributed by atoms with Gasteiger partial charge in [-0.05, 0) is 56.1 Å². The number of nitrogens with two attached hydrogens (primary N) is 1. The first-order chi connectivity index (χ1) is 9.72. The molecule has 0 unspecified atom stereocenters. The number of para-hydroxylation sites is 1. The van der Waals surface area contributed by atoms with Gasteiger partial charge in [-0.1, -0.05) is 30.0 Å². The third-order valence-corrected chi connectivity index (χ3v) is 5.01. The molecule has 0 aliphatic carbocycles. The Morgan fingerprint density at radius 2 is 1.85 bits per heavy atom. The summed E-state index contributed by atoms with van der Waals surface area (Å²) in [5.41, 5.74) is 11.1. The molecule has 3 heteroatoms. The van der Waals surface area contributed by atoms with Gasteiger partial charge >= 0.3 is 0 Å². The van der Waals surface area contributed by atoms with Gasteiger partial charge in [-0.3, -0.25) is 0 Å². The molecule has 1 aliphatic heterocycles. The molecule has 2 aromatic carbocycles. The number of rotatable bonds is 3. The summed E-state index contributed by atoms with van der Waals surface area (Å²) in [5, 5.41) is 0. The number of anilines is 2. The van der Waals surface area contributed by atoms with Gasteiger partial charge in [0, 0.05) is 16.3 Å². The molecule has 0 radical (unpaired) electrons. The molecule has 1 aliphatic rings. The lowest BCUT2D eigenvalue weighted by molar-refractivity contribution is 0.804. The van der Waals surface area contributed by atoms with E-state index in [1.807, 2.05) is 11.8 Å². The molecule has 0 amide bonds. The average molecular weight is 284 g/mol. The fourth-order valence-electron chi connectivity index (χ4n) is 2.68. The molecule has 3 rings (SSSR count). The van der Waals surface area contributed by atoms with Crippen molar-refractivity contribution in [1.82, 2.24) is 0 Å². The SMILES string of the molecule is Cc1ccc2c(c1C)N(CCCN)c1ccccc1S2. The van der Waals surface area contributed by atoms with E-state index in [1.165, 1.54) is 32.3 Å². The zero-order valence-corrected chi connectivity index (χ0v) is 12.8. The van der Waals surface area contributed by atoms with Crippen LogP contribution in [0.5, 0.6) is 0 Å². The van der Waals surface area contributed by atoms with Crippen molar-refractivity contribution in [2.45, 2.75) is 30.1 Å². The van der Waals surface area contributed by atoms with E-state index in [4.69, 9.17) is 5.73 Å². The highest BCUT2D eigenvalue weighted by atomic mass is 32.2. The van der Waals surface area contributed by atoms with Crippen molar-refractivity contribution >= 4 is 23.1 Å². The van der Waals surface area contributed by atoms with Gasteiger partial charge in [0.05, 0.1) is 11.4 Å². The highest BCUT2D eigenvalue weighted by Gasteiger charge is 2.24. The molecule has 2 nitrogen and oxygen atoms in total. The van der Waals surface area contributed by atoms with Crippen LogP contribution in [0.25, 0.3) is 0 Å². The molecular weight excluding hydrogens is 264 g/mol. The summed E-state index contributed by atoms with van der Waals surface area (Å²) < 4.78 is 0. The fraction of sp³-hybridized carbons (Fsp3) is 0.294. The maximum Gasteiger partial charge on any atom is 0.0585 e. The molecule has 2 N–H and O–H groups in total. The van der Waals surface area contributed by atoms with E-state index in [2.05, 4.69) is 55.1 Å². The minimum Gasteiger partial charge on any atom is -0.339 e. The van der Waals surface area contributed by atoms with E-state index >= 15 is 0 Å². The Morgan fingerprint density at radius 3 is 2.65 bits per heavy atom. The van der Waals surface area contributed by atoms with Crippen LogP contribution in [-0.4, -0.2) is 13.1 Å². The van der Waals surface area contributed by atoms with E-state index in [9.17, 15) is 0 Å². The zero-order valence-electron chi connectivity index (χ0n) is 12.0. The van der Waals surface area contributed by atoms with Crippen molar-refractivity contribution in [1.29, 1.82) is 0 Å². The predicted molar refractivity (Wildman–Crippen MR) is 87.2 cm³/mol. The molecule has 0 fully saturated rings. The van der Waals surface area contributed by atoms with Crippen molar-refractivity contribution in [3.05, 3.63) is 47.5 Å². The fourth-order valence-corrected chi connectivity index (χ4v) is 3.84. The van der Waals surface area contributed by atoms with E-state index in [1.54, 1.807) is 0 Å². The van der Waals surface area contributed by atoms with Crippen LogP contribution >= 0.6 is 11.8 Å². The van der Waals surface area contributed by atoms with Crippen LogP contribution < -0.4 is 10.6 Å². The molecular formula is C17H20N2S. The van der Waals surface area contributed by atoms with Crippen molar-refractivity contribution in [3.8, 4) is 0 Å². The molecule has 0 bridgehead atoms. The largest absolute Gasteiger partial charge is 0.339 e. The molecule has 2 aromatic rings. The standard InChI is InChI=1S/C17H20N2S/c1-12-8-9-16-17(13(12)2)19(11-5-10-18)14-6-3-4-7-15(14)20-16/h3-4,6-9H,5,10-11,18H2,1-2H3. The molecule has 0 saturated carbocycles. The normalized spacial score (nSPS) is 13.1. The number of hydrogen-bond acceptors (Lipinski definition) is 3. The third-order valence-electron chi connectivity index (χ3n) is 3.90. The van der Waals surface area contributed by atoms with Crippen molar-refractivity contribution in [3.63, 3.8) is 0 Å². The lowest BCUT2D eigenvalue weighted by atomic mass is 10.1. The number of fused-ring (bicyclic) bond motifs is 2. The van der Waals surface area contributed by atoms with Gasteiger partial charge in [-0.25, -0.2) is 0 Å². The summed E-state index contributed by atoms with van der Waals surface area (Å²) in [6.45, 7) is 6.11. The smallest absolute Gasteiger partial charge is 0.0585 e. The van der Waals surface area contributed by atoms with Crippen LogP contribution in [0.4, 0.5) is 11.4 Å². The molecule has 104 valence electrons. The second kappa shape index (κ2) is 5.51. The lowest BCUT2D eigenvalue weighted by Gasteiger charge is -2.34. The Labute approximate surface area is 125 Å². The van der Waals surface area contributed by atoms with Gasteiger partial charge in [0.1, 0.15) is 0 Å². The highest BCUT2D eigenvalue weighted by Crippen LogP contribution is 2.49. The van der Waals surface area contributed by atoms with Crippen LogP contribution in [0, 0.1) is 13.8 Å². The van der Waals surface area contributed by atoms with Crippen LogP contribution in [-0.2, 0) is 0 Å². The summed E-state index contributed by atoms with van der Waals surface area (Å²) in [5.74, 6) is 0. The van der Waals surface area contributed by atoms with E-state index in [-0.39, 0.29) is 0 Å². The Balaban J connectivity index is 2.14. The van der Waals surface area contributed by atoms with Crippen LogP contribution in [0.1, 0.15) is 17.5 Å². The first kappa shape index (κ1) is 13.5. The molecule has 20 heavy (non-hydrogen) atoms. The van der Waals surface area contributed by atoms with E-state index in [0.717, 1.165) is 19.5 Å². The van der Waals surface area contributed by atoms with Gasteiger partial charge in [-0.15, -0.1) is 0 Å². The van der Waals surface area contributed by atoms with Crippen molar-refractivity contribution < 1.29 is 0 Å². The Morgan fingerprint density at radius 1 is 1.05 bits per heavy atom. The number of aryl methyl sites for hydroxylation is 1. The minimum atomic E-state index is 0.728. The summed E-state index contributed by atoms with van der Waals surface area (Å²) in [7, 11) is 0. The number of benzene rings is 2. The molecule has 1 heterocycles. The molecule has 0 saturated heterocycles. The van der Waals surface area contributed by atoms with Crippen molar-refractivity contribution in [2.24, 2.45) is 5.73 Å². The van der Waals surface area contributed by atoms with Gasteiger partial charge in [0.25, 0.3) is 0 Å². The molecule has 0 aromatic heterocycles. The van der Waals surface area contributed by atoms with Gasteiger partial charge in [-0.2, -0.15) is 0 Å². The summed E-state index contributed by atoms with van der Waals surface area (Å²) in [4.78, 5) is 5.13. The van der Waals surface area contributed by atoms with Crippen LogP contribution in [0.3, 0.4) is 0 Å². The maximum atomic E-state index is 5.72. The second-order valence-electron chi connectivity index (χ2n) is 5.22. The number of hydrogen-bond donors (Lipinski definition) is 1. The summed E-state index contributed by atoms with van der Waals surface area (Å²) in [6, 6.07) is 13.1. The van der Waals surface area contributed by atoms with Crippen molar-refractivity contribution in [2.75, 3.05) is 18.0 Å². The monoisotopic (exact) mass is 284 g/mol. The summed E-state index contributed by atoms with van der Waals surface area (Å²) in [6.07, 6.45) is 1.01. The maximum absolute atomic E-state index is 5.72. The topological polar surface area (TPSA) is 29.3 Å². The predicted octanol–water partition coefficient (Wildman–Crippen LogP) is 4.25. The third kappa shape index (κ3) is 2.21. The number of nitrogens with zero attached hydrogens (tertiary/aromatic N) is 1. The first-order valence-electron chi connectivity index (χ1n) is 7.07. The molecule has 0 atom stereocenters. The quantitative estimate of drug-likeness (QED) is 0.913. The van der Waals surface area contributed by atoms with Crippen LogP contribution in [0.2, 0.25) is 0 Å². The Kier molecular flexibility index (Phi) is 3.72. The Hall–Kier alpha value is -1.45. The van der Waals surface area contributed by atoms with Gasteiger partial charge in [0.15, 0.2) is 0 Å². The average Bonchev–Trinajstić information content (AvgIpc) is 2.47. The van der Waals surface area contributed by atoms with E-state index in [0.29, 0.717) is 0 Å².